The van der Waals surface area contributed by atoms with Crippen LogP contribution in [0.5, 0.6) is 0 Å². The molecule has 0 aromatic carbocycles. The van der Waals surface area contributed by atoms with Gasteiger partial charge >= 0.3 is 0 Å². The van der Waals surface area contributed by atoms with Crippen molar-refractivity contribution in [3.8, 4) is 6.07 Å². The smallest absolute Gasteiger partial charge is 0.236 e. The second-order valence-electron chi connectivity index (χ2n) is 5.99. The van der Waals surface area contributed by atoms with Gasteiger partial charge in [0.15, 0.2) is 0 Å². The molecule has 1 fully saturated rings. The topological polar surface area (TPSA) is 108 Å². The number of hydrogen-bond donors (Lipinski definition) is 1. The van der Waals surface area contributed by atoms with Gasteiger partial charge in [-0.25, -0.2) is 9.97 Å². The molecule has 1 aliphatic heterocycles. The number of carbonyl (C=O) groups excluding carboxylic acids is 1. The van der Waals surface area contributed by atoms with Gasteiger partial charge in [-0.15, -0.1) is 10.2 Å². The summed E-state index contributed by atoms with van der Waals surface area (Å²) in [4.78, 5) is 22.7. The van der Waals surface area contributed by atoms with E-state index >= 15 is 0 Å². The number of carbonyl (C=O) groups is 1. The molecule has 2 aromatic rings. The van der Waals surface area contributed by atoms with Crippen LogP contribution in [-0.4, -0.2) is 44.1 Å². The Hall–Kier alpha value is -2.60. The molecule has 1 aliphatic rings. The lowest BCUT2D eigenvalue weighted by atomic mass is 9.94. The number of amides is 1. The van der Waals surface area contributed by atoms with Crippen LogP contribution in [0, 0.1) is 25.2 Å². The second kappa shape index (κ2) is 7.53. The number of nitrogens with one attached hydrogen (secondary N) is 1. The molecule has 130 valence electrons. The number of aromatic nitrogens is 4. The van der Waals surface area contributed by atoms with Crippen LogP contribution < -0.4 is 5.32 Å². The Bertz CT molecular complexity index is 813. The molecule has 1 atom stereocenters. The predicted molar refractivity (Wildman–Crippen MR) is 93.5 cm³/mol. The maximum atomic E-state index is 12.0. The van der Waals surface area contributed by atoms with Crippen molar-refractivity contribution >= 4 is 28.2 Å². The molecule has 1 saturated heterocycles. The Labute approximate surface area is 149 Å². The molecule has 25 heavy (non-hydrogen) atoms. The van der Waals surface area contributed by atoms with Crippen LogP contribution in [0.25, 0.3) is 0 Å². The fourth-order valence-electron chi connectivity index (χ4n) is 2.95. The minimum Gasteiger partial charge on any atom is -0.341 e. The number of likely N-dealkylation sites (tertiary alicyclic amines) is 1. The fraction of sp³-hybridized carbons (Fsp3) is 0.500. The van der Waals surface area contributed by atoms with E-state index in [4.69, 9.17) is 5.26 Å². The van der Waals surface area contributed by atoms with Gasteiger partial charge in [0.1, 0.15) is 23.1 Å². The van der Waals surface area contributed by atoms with Crippen molar-refractivity contribution in [1.82, 2.24) is 25.1 Å². The highest BCUT2D eigenvalue weighted by Gasteiger charge is 2.26. The average molecular weight is 357 g/mol. The normalized spacial score (nSPS) is 17.2. The van der Waals surface area contributed by atoms with Gasteiger partial charge in [-0.3, -0.25) is 4.79 Å². The van der Waals surface area contributed by atoms with Gasteiger partial charge in [-0.05, 0) is 26.7 Å². The third-order valence-electron chi connectivity index (χ3n) is 4.04. The second-order valence-corrected chi connectivity index (χ2v) is 7.17. The summed E-state index contributed by atoms with van der Waals surface area (Å²) < 4.78 is 0. The molecule has 1 amide bonds. The van der Waals surface area contributed by atoms with E-state index in [0.717, 1.165) is 23.5 Å². The van der Waals surface area contributed by atoms with Crippen LogP contribution in [-0.2, 0) is 4.79 Å². The van der Waals surface area contributed by atoms with E-state index in [1.165, 1.54) is 11.3 Å². The van der Waals surface area contributed by atoms with Gasteiger partial charge in [0.05, 0.1) is 11.8 Å². The molecular formula is C16H19N7OS. The molecule has 0 spiro atoms. The van der Waals surface area contributed by atoms with Crippen molar-refractivity contribution < 1.29 is 4.79 Å². The monoisotopic (exact) mass is 357 g/mol. The molecular weight excluding hydrogens is 338 g/mol. The van der Waals surface area contributed by atoms with Crippen molar-refractivity contribution in [1.29, 1.82) is 5.26 Å². The Kier molecular flexibility index (Phi) is 5.19. The number of aryl methyl sites for hydroxylation is 2. The first-order valence-electron chi connectivity index (χ1n) is 8.12. The molecule has 1 unspecified atom stereocenters. The summed E-state index contributed by atoms with van der Waals surface area (Å²) in [5.41, 5.74) is 0.908. The van der Waals surface area contributed by atoms with E-state index in [2.05, 4.69) is 25.5 Å². The molecule has 0 saturated carbocycles. The van der Waals surface area contributed by atoms with Crippen LogP contribution in [0.4, 0.5) is 10.9 Å². The maximum absolute atomic E-state index is 12.0. The van der Waals surface area contributed by atoms with Gasteiger partial charge in [-0.1, -0.05) is 11.3 Å². The summed E-state index contributed by atoms with van der Waals surface area (Å²) in [6.07, 6.45) is 1.80. The summed E-state index contributed by atoms with van der Waals surface area (Å²) in [6, 6.07) is 3.84. The summed E-state index contributed by atoms with van der Waals surface area (Å²) in [5.74, 6) is 1.39. The van der Waals surface area contributed by atoms with Gasteiger partial charge in [0.2, 0.25) is 11.0 Å². The Morgan fingerprint density at radius 2 is 2.28 bits per heavy atom. The van der Waals surface area contributed by atoms with E-state index in [9.17, 15) is 4.79 Å². The van der Waals surface area contributed by atoms with Crippen molar-refractivity contribution in [3.63, 3.8) is 0 Å². The van der Waals surface area contributed by atoms with Crippen LogP contribution in [0.3, 0.4) is 0 Å². The SMILES string of the molecule is Cc1nc(Nc2nnc(C)s2)cc(C2CCCN(C(=O)CC#N)C2)n1. The minimum absolute atomic E-state index is 0.0707. The number of rotatable bonds is 4. The molecule has 0 radical (unpaired) electrons. The highest BCUT2D eigenvalue weighted by atomic mass is 32.1. The Balaban J connectivity index is 1.77. The summed E-state index contributed by atoms with van der Waals surface area (Å²) in [6.45, 7) is 5.04. The van der Waals surface area contributed by atoms with Gasteiger partial charge in [0.25, 0.3) is 0 Å². The number of nitrogens with zero attached hydrogens (tertiary/aromatic N) is 6. The molecule has 9 heteroatoms. The zero-order chi connectivity index (χ0) is 17.8. The summed E-state index contributed by atoms with van der Waals surface area (Å²) in [7, 11) is 0. The summed E-state index contributed by atoms with van der Waals surface area (Å²) in [5, 5.41) is 21.5. The Morgan fingerprint density at radius 3 is 3.00 bits per heavy atom. The maximum Gasteiger partial charge on any atom is 0.236 e. The standard InChI is InChI=1S/C16H19N7OS/c1-10-18-13(8-14(19-10)20-16-22-21-11(2)25-16)12-4-3-7-23(9-12)15(24)5-6-17/h8,12H,3-5,7,9H2,1-2H3,(H,18,19,20,22). The molecule has 1 N–H and O–H groups in total. The predicted octanol–water partition coefficient (Wildman–Crippen LogP) is 2.31. The van der Waals surface area contributed by atoms with E-state index in [0.29, 0.717) is 29.9 Å². The number of nitriles is 1. The number of piperidine rings is 1. The van der Waals surface area contributed by atoms with Crippen molar-refractivity contribution in [3.05, 3.63) is 22.6 Å². The molecule has 3 heterocycles. The zero-order valence-electron chi connectivity index (χ0n) is 14.2. The third kappa shape index (κ3) is 4.28. The molecule has 2 aromatic heterocycles. The first-order chi connectivity index (χ1) is 12.0. The lowest BCUT2D eigenvalue weighted by Gasteiger charge is -2.32. The summed E-state index contributed by atoms with van der Waals surface area (Å²) >= 11 is 1.46. The van der Waals surface area contributed by atoms with Crippen molar-refractivity contribution in [2.24, 2.45) is 0 Å². The van der Waals surface area contributed by atoms with Gasteiger partial charge in [-0.2, -0.15) is 5.26 Å². The molecule has 8 nitrogen and oxygen atoms in total. The average Bonchev–Trinajstić information content (AvgIpc) is 2.99. The van der Waals surface area contributed by atoms with Crippen molar-refractivity contribution in [2.75, 3.05) is 18.4 Å². The van der Waals surface area contributed by atoms with E-state index in [-0.39, 0.29) is 18.2 Å². The quantitative estimate of drug-likeness (QED) is 0.894. The zero-order valence-corrected chi connectivity index (χ0v) is 15.0. The lowest BCUT2D eigenvalue weighted by molar-refractivity contribution is -0.131. The van der Waals surface area contributed by atoms with Crippen LogP contribution in [0.2, 0.25) is 0 Å². The first-order valence-corrected chi connectivity index (χ1v) is 8.94. The lowest BCUT2D eigenvalue weighted by Crippen LogP contribution is -2.39. The highest BCUT2D eigenvalue weighted by Crippen LogP contribution is 2.28. The van der Waals surface area contributed by atoms with E-state index in [1.54, 1.807) is 4.90 Å². The number of anilines is 2. The highest BCUT2D eigenvalue weighted by molar-refractivity contribution is 7.15. The van der Waals surface area contributed by atoms with Crippen LogP contribution in [0.1, 0.15) is 41.7 Å². The van der Waals surface area contributed by atoms with Crippen LogP contribution >= 0.6 is 11.3 Å². The minimum atomic E-state index is -0.110. The van der Waals surface area contributed by atoms with E-state index < -0.39 is 0 Å². The van der Waals surface area contributed by atoms with Gasteiger partial charge < -0.3 is 10.2 Å². The van der Waals surface area contributed by atoms with Crippen molar-refractivity contribution in [2.45, 2.75) is 39.0 Å². The molecule has 0 bridgehead atoms. The number of hydrogen-bond acceptors (Lipinski definition) is 8. The Morgan fingerprint density at radius 1 is 1.44 bits per heavy atom. The largest absolute Gasteiger partial charge is 0.341 e. The molecule has 3 rings (SSSR count). The fourth-order valence-corrected chi connectivity index (χ4v) is 3.54. The third-order valence-corrected chi connectivity index (χ3v) is 4.80. The molecule has 0 aliphatic carbocycles. The van der Waals surface area contributed by atoms with E-state index in [1.807, 2.05) is 26.0 Å². The first kappa shape index (κ1) is 17.2. The van der Waals surface area contributed by atoms with Crippen LogP contribution in [0.15, 0.2) is 6.07 Å². The van der Waals surface area contributed by atoms with Gasteiger partial charge in [0, 0.05) is 25.1 Å².